The number of nitrogens with zero attached hydrogens (tertiary/aromatic N) is 1. The number of likely N-dealkylation sites (N-methyl/N-ethyl adjacent to an activating group) is 1. The number of Topliss-reactive ketones (excluding diaryl/α,β-unsaturated/α-hetero) is 1. The van der Waals surface area contributed by atoms with Crippen LogP contribution in [-0.2, 0) is 15.0 Å². The van der Waals surface area contributed by atoms with Gasteiger partial charge in [0.25, 0.3) is 0 Å². The number of hydrogen-bond acceptors (Lipinski definition) is 5. The van der Waals surface area contributed by atoms with Crippen molar-refractivity contribution in [3.05, 3.63) is 81.4 Å². The van der Waals surface area contributed by atoms with Gasteiger partial charge in [-0.05, 0) is 24.6 Å². The average molecular weight is 399 g/mol. The molecular formula is C24H17NO5. The minimum absolute atomic E-state index is 0.0944. The molecule has 0 N–H and O–H groups in total. The molecule has 0 saturated carbocycles. The zero-order valence-corrected chi connectivity index (χ0v) is 16.2. The Labute approximate surface area is 171 Å². The zero-order chi connectivity index (χ0) is 20.6. The van der Waals surface area contributed by atoms with Crippen LogP contribution in [0.3, 0.4) is 0 Å². The molecule has 3 aliphatic rings. The summed E-state index contributed by atoms with van der Waals surface area (Å²) in [7, 11) is 1.67. The van der Waals surface area contributed by atoms with Crippen molar-refractivity contribution in [2.24, 2.45) is 0 Å². The molecule has 0 saturated heterocycles. The molecule has 1 aromatic heterocycles. The second-order valence-electron chi connectivity index (χ2n) is 7.90. The van der Waals surface area contributed by atoms with Crippen molar-refractivity contribution >= 4 is 28.3 Å². The molecule has 0 radical (unpaired) electrons. The number of rotatable bonds is 0. The maximum atomic E-state index is 13.9. The third-order valence-electron chi connectivity index (χ3n) is 6.40. The number of fused-ring (bicyclic) bond motifs is 7. The Morgan fingerprint density at radius 2 is 1.73 bits per heavy atom. The number of allylic oxidation sites excluding steroid dienone is 1. The Morgan fingerprint density at radius 1 is 0.967 bits per heavy atom. The van der Waals surface area contributed by atoms with Crippen LogP contribution in [0.25, 0.3) is 11.0 Å². The summed E-state index contributed by atoms with van der Waals surface area (Å²) in [6.07, 6.45) is 1.50. The van der Waals surface area contributed by atoms with Crippen LogP contribution in [0.4, 0.5) is 5.69 Å². The normalized spacial score (nSPS) is 22.2. The number of para-hydroxylation sites is 2. The van der Waals surface area contributed by atoms with Gasteiger partial charge in [0.15, 0.2) is 5.78 Å². The number of benzene rings is 2. The van der Waals surface area contributed by atoms with Gasteiger partial charge in [-0.3, -0.25) is 9.59 Å². The van der Waals surface area contributed by atoms with Crippen LogP contribution in [-0.4, -0.2) is 18.7 Å². The second-order valence-corrected chi connectivity index (χ2v) is 7.90. The van der Waals surface area contributed by atoms with Crippen molar-refractivity contribution in [2.75, 3.05) is 11.9 Å². The number of ketones is 1. The van der Waals surface area contributed by atoms with Crippen LogP contribution in [0.2, 0.25) is 0 Å². The van der Waals surface area contributed by atoms with E-state index in [4.69, 9.17) is 9.15 Å². The van der Waals surface area contributed by atoms with E-state index in [0.29, 0.717) is 53.0 Å². The van der Waals surface area contributed by atoms with Gasteiger partial charge in [0.05, 0.1) is 11.0 Å². The highest BCUT2D eigenvalue weighted by atomic mass is 16.5. The minimum Gasteiger partial charge on any atom is -0.460 e. The van der Waals surface area contributed by atoms with Crippen molar-refractivity contribution in [1.82, 2.24) is 0 Å². The van der Waals surface area contributed by atoms with E-state index in [-0.39, 0.29) is 22.8 Å². The van der Waals surface area contributed by atoms with Crippen LogP contribution >= 0.6 is 0 Å². The number of ether oxygens (including phenoxy) is 1. The third kappa shape index (κ3) is 1.86. The fourth-order valence-electron chi connectivity index (χ4n) is 5.18. The number of hydrogen-bond donors (Lipinski definition) is 0. The van der Waals surface area contributed by atoms with Gasteiger partial charge in [0, 0.05) is 31.1 Å². The Morgan fingerprint density at radius 3 is 2.60 bits per heavy atom. The molecular weight excluding hydrogens is 382 g/mol. The van der Waals surface area contributed by atoms with Gasteiger partial charge in [-0.1, -0.05) is 30.3 Å². The Bertz CT molecular complexity index is 1380. The number of carbonyl (C=O) groups excluding carboxylic acids is 2. The van der Waals surface area contributed by atoms with Gasteiger partial charge in [0.2, 0.25) is 5.91 Å². The van der Waals surface area contributed by atoms with Crippen LogP contribution in [0.15, 0.2) is 69.1 Å². The maximum Gasteiger partial charge on any atom is 0.345 e. The molecule has 3 heterocycles. The molecule has 30 heavy (non-hydrogen) atoms. The summed E-state index contributed by atoms with van der Waals surface area (Å²) in [6, 6.07) is 14.4. The lowest BCUT2D eigenvalue weighted by atomic mass is 9.65. The zero-order valence-electron chi connectivity index (χ0n) is 16.2. The van der Waals surface area contributed by atoms with E-state index >= 15 is 0 Å². The molecule has 1 spiro atoms. The summed E-state index contributed by atoms with van der Waals surface area (Å²) in [6.45, 7) is 0. The summed E-state index contributed by atoms with van der Waals surface area (Å²) in [4.78, 5) is 41.9. The van der Waals surface area contributed by atoms with E-state index in [0.717, 1.165) is 0 Å². The van der Waals surface area contributed by atoms with E-state index in [2.05, 4.69) is 0 Å². The molecule has 6 rings (SSSR count). The first-order valence-electron chi connectivity index (χ1n) is 9.94. The lowest BCUT2D eigenvalue weighted by Gasteiger charge is -2.38. The van der Waals surface area contributed by atoms with Crippen LogP contribution < -0.4 is 15.3 Å². The van der Waals surface area contributed by atoms with Crippen LogP contribution in [0.1, 0.15) is 30.4 Å². The summed E-state index contributed by atoms with van der Waals surface area (Å²) in [5, 5.41) is 0.607. The quantitative estimate of drug-likeness (QED) is 0.541. The SMILES string of the molecule is CN1C(=O)[C@@]2(C3=C(CCCC3=O)Oc3c2c(=O)oc2ccccc32)c2ccccc21. The van der Waals surface area contributed by atoms with Crippen molar-refractivity contribution in [2.45, 2.75) is 24.7 Å². The van der Waals surface area contributed by atoms with E-state index in [1.807, 2.05) is 30.3 Å². The monoisotopic (exact) mass is 399 g/mol. The first kappa shape index (κ1) is 17.2. The lowest BCUT2D eigenvalue weighted by Crippen LogP contribution is -2.49. The van der Waals surface area contributed by atoms with Gasteiger partial charge in [-0.25, -0.2) is 4.79 Å². The summed E-state index contributed by atoms with van der Waals surface area (Å²) >= 11 is 0. The molecule has 0 fully saturated rings. The smallest absolute Gasteiger partial charge is 0.345 e. The molecule has 148 valence electrons. The predicted octanol–water partition coefficient (Wildman–Crippen LogP) is 3.46. The summed E-state index contributed by atoms with van der Waals surface area (Å²) < 4.78 is 11.8. The highest BCUT2D eigenvalue weighted by molar-refractivity contribution is 6.20. The van der Waals surface area contributed by atoms with Crippen LogP contribution in [0, 0.1) is 0 Å². The first-order valence-corrected chi connectivity index (χ1v) is 9.94. The fourth-order valence-corrected chi connectivity index (χ4v) is 5.18. The van der Waals surface area contributed by atoms with Gasteiger partial charge >= 0.3 is 5.63 Å². The van der Waals surface area contributed by atoms with E-state index < -0.39 is 11.0 Å². The molecule has 6 heteroatoms. The molecule has 6 nitrogen and oxygen atoms in total. The first-order chi connectivity index (χ1) is 14.5. The second kappa shape index (κ2) is 5.69. The number of amides is 1. The van der Waals surface area contributed by atoms with Gasteiger partial charge in [-0.15, -0.1) is 0 Å². The third-order valence-corrected chi connectivity index (χ3v) is 6.40. The molecule has 0 unspecified atom stereocenters. The molecule has 0 bridgehead atoms. The summed E-state index contributed by atoms with van der Waals surface area (Å²) in [5.41, 5.74) is -0.152. The molecule has 3 aromatic rings. The minimum atomic E-state index is -1.55. The molecule has 1 aliphatic carbocycles. The van der Waals surface area contributed by atoms with Crippen LogP contribution in [0.5, 0.6) is 5.75 Å². The average Bonchev–Trinajstić information content (AvgIpc) is 2.97. The van der Waals surface area contributed by atoms with Gasteiger partial charge in [0.1, 0.15) is 28.1 Å². The molecule has 2 aromatic carbocycles. The highest BCUT2D eigenvalue weighted by Gasteiger charge is 2.61. The van der Waals surface area contributed by atoms with Gasteiger partial charge in [-0.2, -0.15) is 0 Å². The van der Waals surface area contributed by atoms with E-state index in [1.54, 1.807) is 25.2 Å². The largest absolute Gasteiger partial charge is 0.460 e. The topological polar surface area (TPSA) is 76.8 Å². The van der Waals surface area contributed by atoms with Crippen molar-refractivity contribution in [3.8, 4) is 5.75 Å². The Kier molecular flexibility index (Phi) is 3.26. The molecule has 1 amide bonds. The predicted molar refractivity (Wildman–Crippen MR) is 110 cm³/mol. The van der Waals surface area contributed by atoms with Crippen molar-refractivity contribution in [1.29, 1.82) is 0 Å². The molecule has 1 atom stereocenters. The Balaban J connectivity index is 1.85. The van der Waals surface area contributed by atoms with E-state index in [9.17, 15) is 14.4 Å². The molecule has 2 aliphatic heterocycles. The van der Waals surface area contributed by atoms with E-state index in [1.165, 1.54) is 4.90 Å². The summed E-state index contributed by atoms with van der Waals surface area (Å²) in [5.74, 6) is 0.299. The maximum absolute atomic E-state index is 13.9. The van der Waals surface area contributed by atoms with Crippen molar-refractivity contribution in [3.63, 3.8) is 0 Å². The van der Waals surface area contributed by atoms with Gasteiger partial charge < -0.3 is 14.1 Å². The number of carbonyl (C=O) groups is 2. The highest BCUT2D eigenvalue weighted by Crippen LogP contribution is 2.57. The fraction of sp³-hybridized carbons (Fsp3) is 0.208. The van der Waals surface area contributed by atoms with Crippen molar-refractivity contribution < 1.29 is 18.7 Å². The lowest BCUT2D eigenvalue weighted by molar-refractivity contribution is -0.124. The standard InChI is InChI=1S/C24H17NO5/c1-25-15-9-4-3-8-14(15)24(23(25)28)19-16(26)10-6-12-18(19)29-21-13-7-2-5-11-17(13)30-22(27)20(21)24/h2-5,7-9,11H,6,10,12H2,1H3/t24-/m1/s1. The Hall–Kier alpha value is -3.67. The number of anilines is 1.